The Labute approximate surface area is 99.3 Å². The summed E-state index contributed by atoms with van der Waals surface area (Å²) in [6, 6.07) is 0. The topological polar surface area (TPSA) is 20.2 Å². The number of hydrogen-bond donors (Lipinski definition) is 1. The van der Waals surface area contributed by atoms with Gasteiger partial charge in [0.05, 0.1) is 6.61 Å². The average Bonchev–Trinajstić information content (AvgIpc) is 2.28. The predicted octanol–water partition coefficient (Wildman–Crippen LogP) is 3.70. The maximum atomic E-state index is 8.96. The van der Waals surface area contributed by atoms with Crippen LogP contribution in [-0.4, -0.2) is 11.7 Å². The van der Waals surface area contributed by atoms with E-state index in [1.807, 2.05) is 6.92 Å². The molecule has 1 heteroatoms. The smallest absolute Gasteiger partial charge is 0.0639 e. The Kier molecular flexibility index (Phi) is 3.25. The van der Waals surface area contributed by atoms with Crippen molar-refractivity contribution in [1.82, 2.24) is 0 Å². The SMILES string of the molecule is CC1=CC[C@H]2C[C@@H]1[C@]2(C)CC/C=C(\C)CO. The zero-order valence-electron chi connectivity index (χ0n) is 10.8. The van der Waals surface area contributed by atoms with E-state index in [0.717, 1.165) is 23.8 Å². The van der Waals surface area contributed by atoms with E-state index >= 15 is 0 Å². The van der Waals surface area contributed by atoms with Gasteiger partial charge in [0.2, 0.25) is 0 Å². The maximum absolute atomic E-state index is 8.96. The molecule has 1 N–H and O–H groups in total. The van der Waals surface area contributed by atoms with Gasteiger partial charge in [-0.2, -0.15) is 0 Å². The summed E-state index contributed by atoms with van der Waals surface area (Å²) in [6.07, 6.45) is 9.77. The molecule has 0 heterocycles. The van der Waals surface area contributed by atoms with E-state index < -0.39 is 0 Å². The van der Waals surface area contributed by atoms with Crippen molar-refractivity contribution in [3.05, 3.63) is 23.3 Å². The van der Waals surface area contributed by atoms with Crippen LogP contribution in [-0.2, 0) is 0 Å². The van der Waals surface area contributed by atoms with Crippen LogP contribution in [0.4, 0.5) is 0 Å². The molecule has 0 saturated heterocycles. The van der Waals surface area contributed by atoms with E-state index in [1.54, 1.807) is 5.57 Å². The Morgan fingerprint density at radius 2 is 2.38 bits per heavy atom. The van der Waals surface area contributed by atoms with Crippen LogP contribution in [0, 0.1) is 17.3 Å². The van der Waals surface area contributed by atoms with Crippen LogP contribution in [0.5, 0.6) is 0 Å². The zero-order chi connectivity index (χ0) is 11.8. The first-order chi connectivity index (χ1) is 7.58. The van der Waals surface area contributed by atoms with Gasteiger partial charge in [0.1, 0.15) is 0 Å². The lowest BCUT2D eigenvalue weighted by molar-refractivity contribution is -0.0312. The largest absolute Gasteiger partial charge is 0.392 e. The normalized spacial score (nSPS) is 38.0. The molecular weight excluding hydrogens is 196 g/mol. The van der Waals surface area contributed by atoms with E-state index in [9.17, 15) is 0 Å². The van der Waals surface area contributed by atoms with Crippen LogP contribution in [0.2, 0.25) is 0 Å². The van der Waals surface area contributed by atoms with E-state index in [1.165, 1.54) is 19.3 Å². The van der Waals surface area contributed by atoms with Crippen molar-refractivity contribution < 1.29 is 5.11 Å². The quantitative estimate of drug-likeness (QED) is 0.716. The number of hydrogen-bond acceptors (Lipinski definition) is 1. The van der Waals surface area contributed by atoms with Crippen LogP contribution in [0.1, 0.15) is 46.5 Å². The van der Waals surface area contributed by atoms with Crippen LogP contribution in [0.25, 0.3) is 0 Å². The lowest BCUT2D eigenvalue weighted by Crippen LogP contribution is -2.49. The Morgan fingerprint density at radius 1 is 1.62 bits per heavy atom. The minimum Gasteiger partial charge on any atom is -0.392 e. The predicted molar refractivity (Wildman–Crippen MR) is 68.2 cm³/mol. The highest BCUT2D eigenvalue weighted by molar-refractivity contribution is 5.22. The van der Waals surface area contributed by atoms with Crippen molar-refractivity contribution in [3.8, 4) is 0 Å². The summed E-state index contributed by atoms with van der Waals surface area (Å²) in [5.74, 6) is 1.76. The van der Waals surface area contributed by atoms with Crippen molar-refractivity contribution in [2.24, 2.45) is 17.3 Å². The highest BCUT2D eigenvalue weighted by Gasteiger charge is 2.52. The van der Waals surface area contributed by atoms with Gasteiger partial charge in [0.25, 0.3) is 0 Å². The van der Waals surface area contributed by atoms with E-state index in [0.29, 0.717) is 5.41 Å². The summed E-state index contributed by atoms with van der Waals surface area (Å²) in [4.78, 5) is 0. The van der Waals surface area contributed by atoms with Gasteiger partial charge < -0.3 is 5.11 Å². The number of rotatable bonds is 4. The fourth-order valence-corrected chi connectivity index (χ4v) is 3.56. The highest BCUT2D eigenvalue weighted by Crippen LogP contribution is 2.61. The summed E-state index contributed by atoms with van der Waals surface area (Å²) < 4.78 is 0. The fourth-order valence-electron chi connectivity index (χ4n) is 3.56. The average molecular weight is 220 g/mol. The van der Waals surface area contributed by atoms with Crippen LogP contribution in [0.3, 0.4) is 0 Å². The van der Waals surface area contributed by atoms with Crippen molar-refractivity contribution in [3.63, 3.8) is 0 Å². The summed E-state index contributed by atoms with van der Waals surface area (Å²) in [6.45, 7) is 6.98. The summed E-state index contributed by atoms with van der Waals surface area (Å²) in [5.41, 5.74) is 3.28. The molecule has 16 heavy (non-hydrogen) atoms. The Hall–Kier alpha value is -0.560. The second-order valence-electron chi connectivity index (χ2n) is 5.92. The Morgan fingerprint density at radius 3 is 2.94 bits per heavy atom. The molecule has 1 nitrogen and oxygen atoms in total. The van der Waals surface area contributed by atoms with Crippen molar-refractivity contribution >= 4 is 0 Å². The first kappa shape index (κ1) is 11.9. The second kappa shape index (κ2) is 4.37. The Bertz CT molecular complexity index is 326. The first-order valence-corrected chi connectivity index (χ1v) is 6.51. The fraction of sp³-hybridized carbons (Fsp3) is 0.733. The molecule has 0 aromatic carbocycles. The van der Waals surface area contributed by atoms with Crippen LogP contribution < -0.4 is 0 Å². The maximum Gasteiger partial charge on any atom is 0.0639 e. The third-order valence-corrected chi connectivity index (χ3v) is 4.95. The molecule has 0 aromatic rings. The molecule has 3 rings (SSSR count). The highest BCUT2D eigenvalue weighted by atomic mass is 16.3. The van der Waals surface area contributed by atoms with E-state index in [2.05, 4.69) is 26.0 Å². The second-order valence-corrected chi connectivity index (χ2v) is 5.92. The van der Waals surface area contributed by atoms with Crippen LogP contribution in [0.15, 0.2) is 23.3 Å². The summed E-state index contributed by atoms with van der Waals surface area (Å²) in [7, 11) is 0. The molecule has 0 aromatic heterocycles. The molecule has 0 unspecified atom stereocenters. The molecule has 0 amide bonds. The molecule has 2 bridgehead atoms. The minimum atomic E-state index is 0.211. The van der Waals surface area contributed by atoms with E-state index in [-0.39, 0.29) is 6.61 Å². The van der Waals surface area contributed by atoms with Crippen molar-refractivity contribution in [2.75, 3.05) is 6.61 Å². The monoisotopic (exact) mass is 220 g/mol. The molecule has 90 valence electrons. The van der Waals surface area contributed by atoms with Gasteiger partial charge in [0.15, 0.2) is 0 Å². The minimum absolute atomic E-state index is 0.211. The van der Waals surface area contributed by atoms with Gasteiger partial charge >= 0.3 is 0 Å². The molecule has 0 radical (unpaired) electrons. The van der Waals surface area contributed by atoms with Gasteiger partial charge in [-0.15, -0.1) is 0 Å². The molecule has 3 atom stereocenters. The van der Waals surface area contributed by atoms with Gasteiger partial charge in [-0.3, -0.25) is 0 Å². The summed E-state index contributed by atoms with van der Waals surface area (Å²) >= 11 is 0. The zero-order valence-corrected chi connectivity index (χ0v) is 10.8. The molecule has 0 aliphatic heterocycles. The third-order valence-electron chi connectivity index (χ3n) is 4.95. The van der Waals surface area contributed by atoms with Gasteiger partial charge in [-0.05, 0) is 56.8 Å². The lowest BCUT2D eigenvalue weighted by atomic mass is 9.47. The molecule has 1 saturated carbocycles. The number of allylic oxidation sites excluding steroid dienone is 3. The molecule has 3 aliphatic rings. The first-order valence-electron chi connectivity index (χ1n) is 6.51. The van der Waals surface area contributed by atoms with Gasteiger partial charge in [-0.1, -0.05) is 30.2 Å². The summed E-state index contributed by atoms with van der Waals surface area (Å²) in [5, 5.41) is 8.96. The number of aliphatic hydroxyl groups excluding tert-OH is 1. The molecular formula is C15H24O. The molecule has 0 spiro atoms. The molecule has 3 aliphatic carbocycles. The molecule has 1 fully saturated rings. The third kappa shape index (κ3) is 1.86. The van der Waals surface area contributed by atoms with Crippen LogP contribution >= 0.6 is 0 Å². The Balaban J connectivity index is 1.94. The van der Waals surface area contributed by atoms with Gasteiger partial charge in [-0.25, -0.2) is 0 Å². The number of aliphatic hydroxyl groups is 1. The number of fused-ring (bicyclic) bond motifs is 1. The van der Waals surface area contributed by atoms with Crippen molar-refractivity contribution in [2.45, 2.75) is 46.5 Å². The lowest BCUT2D eigenvalue weighted by Gasteiger charge is -2.58. The standard InChI is InChI=1S/C15H24O/c1-11(10-16)5-4-8-15(3)13-7-6-12(2)14(15)9-13/h5-6,13-14,16H,4,7-10H2,1-3H3/b11-5+/t13-,14-,15+/m0/s1. The van der Waals surface area contributed by atoms with E-state index in [4.69, 9.17) is 5.11 Å². The van der Waals surface area contributed by atoms with Gasteiger partial charge in [0, 0.05) is 0 Å². The van der Waals surface area contributed by atoms with Crippen molar-refractivity contribution in [1.29, 1.82) is 0 Å².